The van der Waals surface area contributed by atoms with E-state index in [1.807, 2.05) is 12.1 Å². The first-order valence-electron chi connectivity index (χ1n) is 7.52. The average molecular weight is 287 g/mol. The SMILES string of the molecule is CNC(=O)c1ccc(CNC(=O)C2CC3CCC2N3)cc1. The van der Waals surface area contributed by atoms with Gasteiger partial charge in [-0.3, -0.25) is 9.59 Å². The first-order chi connectivity index (χ1) is 10.2. The molecule has 3 atom stereocenters. The van der Waals surface area contributed by atoms with Crippen LogP contribution in [0.3, 0.4) is 0 Å². The van der Waals surface area contributed by atoms with E-state index in [1.54, 1.807) is 19.2 Å². The molecule has 2 saturated heterocycles. The molecular formula is C16H21N3O2. The van der Waals surface area contributed by atoms with Gasteiger partial charge in [0.1, 0.15) is 0 Å². The van der Waals surface area contributed by atoms with Gasteiger partial charge in [-0.1, -0.05) is 12.1 Å². The van der Waals surface area contributed by atoms with Gasteiger partial charge in [0.25, 0.3) is 5.91 Å². The number of carbonyl (C=O) groups is 2. The Morgan fingerprint density at radius 2 is 2.00 bits per heavy atom. The quantitative estimate of drug-likeness (QED) is 0.767. The van der Waals surface area contributed by atoms with Gasteiger partial charge >= 0.3 is 0 Å². The Morgan fingerprint density at radius 1 is 1.24 bits per heavy atom. The third kappa shape index (κ3) is 2.93. The van der Waals surface area contributed by atoms with Crippen LogP contribution in [0.25, 0.3) is 0 Å². The molecule has 1 aromatic rings. The fraction of sp³-hybridized carbons (Fsp3) is 0.500. The minimum absolute atomic E-state index is 0.0985. The van der Waals surface area contributed by atoms with Crippen LogP contribution in [0.5, 0.6) is 0 Å². The minimum Gasteiger partial charge on any atom is -0.355 e. The maximum atomic E-state index is 12.2. The summed E-state index contributed by atoms with van der Waals surface area (Å²) in [4.78, 5) is 23.7. The lowest BCUT2D eigenvalue weighted by molar-refractivity contribution is -0.125. The van der Waals surface area contributed by atoms with Crippen molar-refractivity contribution in [2.24, 2.45) is 5.92 Å². The van der Waals surface area contributed by atoms with E-state index >= 15 is 0 Å². The van der Waals surface area contributed by atoms with E-state index in [4.69, 9.17) is 0 Å². The molecule has 0 saturated carbocycles. The van der Waals surface area contributed by atoms with Crippen LogP contribution >= 0.6 is 0 Å². The predicted molar refractivity (Wildman–Crippen MR) is 79.7 cm³/mol. The summed E-state index contributed by atoms with van der Waals surface area (Å²) in [5.74, 6) is 0.164. The smallest absolute Gasteiger partial charge is 0.251 e. The summed E-state index contributed by atoms with van der Waals surface area (Å²) >= 11 is 0. The van der Waals surface area contributed by atoms with Crippen LogP contribution in [0.1, 0.15) is 35.2 Å². The molecule has 5 nitrogen and oxygen atoms in total. The first kappa shape index (κ1) is 14.1. The van der Waals surface area contributed by atoms with Crippen LogP contribution in [0.4, 0.5) is 0 Å². The van der Waals surface area contributed by atoms with E-state index in [2.05, 4.69) is 16.0 Å². The van der Waals surface area contributed by atoms with E-state index in [1.165, 1.54) is 6.42 Å². The highest BCUT2D eigenvalue weighted by molar-refractivity contribution is 5.93. The second kappa shape index (κ2) is 5.85. The second-order valence-electron chi connectivity index (χ2n) is 5.88. The van der Waals surface area contributed by atoms with Crippen LogP contribution in [-0.2, 0) is 11.3 Å². The summed E-state index contributed by atoms with van der Waals surface area (Å²) in [5, 5.41) is 9.07. The van der Waals surface area contributed by atoms with Crippen LogP contribution in [0, 0.1) is 5.92 Å². The molecule has 2 bridgehead atoms. The molecule has 3 rings (SSSR count). The summed E-state index contributed by atoms with van der Waals surface area (Å²) in [6, 6.07) is 8.22. The molecule has 2 heterocycles. The number of hydrogen-bond donors (Lipinski definition) is 3. The summed E-state index contributed by atoms with van der Waals surface area (Å²) < 4.78 is 0. The number of benzene rings is 1. The lowest BCUT2D eigenvalue weighted by Gasteiger charge is -2.19. The third-order valence-corrected chi connectivity index (χ3v) is 4.55. The summed E-state index contributed by atoms with van der Waals surface area (Å²) in [5.41, 5.74) is 1.64. The van der Waals surface area contributed by atoms with Gasteiger partial charge in [0.05, 0.1) is 5.92 Å². The average Bonchev–Trinajstić information content (AvgIpc) is 3.15. The number of nitrogens with one attached hydrogen (secondary N) is 3. The first-order valence-corrected chi connectivity index (χ1v) is 7.52. The van der Waals surface area contributed by atoms with Crippen molar-refractivity contribution >= 4 is 11.8 Å². The Bertz CT molecular complexity index is 541. The van der Waals surface area contributed by atoms with Crippen LogP contribution in [0.2, 0.25) is 0 Å². The molecule has 2 aliphatic rings. The maximum Gasteiger partial charge on any atom is 0.251 e. The fourth-order valence-corrected chi connectivity index (χ4v) is 3.35. The monoisotopic (exact) mass is 287 g/mol. The van der Waals surface area contributed by atoms with Crippen LogP contribution < -0.4 is 16.0 Å². The van der Waals surface area contributed by atoms with Crippen molar-refractivity contribution in [1.29, 1.82) is 0 Å². The molecule has 0 aliphatic carbocycles. The molecule has 0 spiro atoms. The van der Waals surface area contributed by atoms with Crippen molar-refractivity contribution in [2.45, 2.75) is 37.9 Å². The lowest BCUT2D eigenvalue weighted by Crippen LogP contribution is -2.37. The maximum absolute atomic E-state index is 12.2. The second-order valence-corrected chi connectivity index (χ2v) is 5.88. The minimum atomic E-state index is -0.0985. The molecule has 5 heteroatoms. The number of fused-ring (bicyclic) bond motifs is 2. The molecule has 2 fully saturated rings. The zero-order valence-corrected chi connectivity index (χ0v) is 12.2. The van der Waals surface area contributed by atoms with E-state index < -0.39 is 0 Å². The highest BCUT2D eigenvalue weighted by Gasteiger charge is 2.42. The van der Waals surface area contributed by atoms with Gasteiger partial charge in [-0.15, -0.1) is 0 Å². The molecule has 2 aliphatic heterocycles. The normalized spacial score (nSPS) is 26.6. The molecule has 3 N–H and O–H groups in total. The molecule has 0 aromatic heterocycles. The highest BCUT2D eigenvalue weighted by Crippen LogP contribution is 2.33. The number of carbonyl (C=O) groups excluding carboxylic acids is 2. The highest BCUT2D eigenvalue weighted by atomic mass is 16.2. The number of hydrogen-bond acceptors (Lipinski definition) is 3. The summed E-state index contributed by atoms with van der Waals surface area (Å²) in [7, 11) is 1.61. The molecule has 0 radical (unpaired) electrons. The lowest BCUT2D eigenvalue weighted by atomic mass is 9.88. The Hall–Kier alpha value is -1.88. The van der Waals surface area contributed by atoms with Crippen LogP contribution in [0.15, 0.2) is 24.3 Å². The Morgan fingerprint density at radius 3 is 2.57 bits per heavy atom. The zero-order valence-electron chi connectivity index (χ0n) is 12.2. The van der Waals surface area contributed by atoms with E-state index in [-0.39, 0.29) is 17.7 Å². The van der Waals surface area contributed by atoms with Gasteiger partial charge in [0.2, 0.25) is 5.91 Å². The van der Waals surface area contributed by atoms with E-state index in [9.17, 15) is 9.59 Å². The molecule has 112 valence electrons. The van der Waals surface area contributed by atoms with Crippen molar-refractivity contribution in [2.75, 3.05) is 7.05 Å². The van der Waals surface area contributed by atoms with Gasteiger partial charge < -0.3 is 16.0 Å². The number of rotatable bonds is 4. The Kier molecular flexibility index (Phi) is 3.92. The summed E-state index contributed by atoms with van der Waals surface area (Å²) in [6.07, 6.45) is 3.28. The summed E-state index contributed by atoms with van der Waals surface area (Å²) in [6.45, 7) is 0.515. The Labute approximate surface area is 124 Å². The predicted octanol–water partition coefficient (Wildman–Crippen LogP) is 0.803. The topological polar surface area (TPSA) is 70.2 Å². The molecule has 21 heavy (non-hydrogen) atoms. The zero-order chi connectivity index (χ0) is 14.8. The van der Waals surface area contributed by atoms with Crippen molar-refractivity contribution < 1.29 is 9.59 Å². The third-order valence-electron chi connectivity index (χ3n) is 4.55. The van der Waals surface area contributed by atoms with Crippen LogP contribution in [-0.4, -0.2) is 30.9 Å². The van der Waals surface area contributed by atoms with Crippen molar-refractivity contribution in [3.63, 3.8) is 0 Å². The molecular weight excluding hydrogens is 266 g/mol. The number of amides is 2. The molecule has 3 unspecified atom stereocenters. The van der Waals surface area contributed by atoms with Gasteiger partial charge in [-0.05, 0) is 37.0 Å². The van der Waals surface area contributed by atoms with E-state index in [0.717, 1.165) is 18.4 Å². The van der Waals surface area contributed by atoms with Gasteiger partial charge in [-0.25, -0.2) is 0 Å². The van der Waals surface area contributed by atoms with Crippen molar-refractivity contribution in [3.05, 3.63) is 35.4 Å². The van der Waals surface area contributed by atoms with Gasteiger partial charge in [0, 0.05) is 31.2 Å². The van der Waals surface area contributed by atoms with Crippen molar-refractivity contribution in [3.8, 4) is 0 Å². The fourth-order valence-electron chi connectivity index (χ4n) is 3.35. The standard InChI is InChI=1S/C16H21N3O2/c1-17-15(20)11-4-2-10(3-5-11)9-18-16(21)13-8-12-6-7-14(13)19-12/h2-5,12-14,19H,6-9H2,1H3,(H,17,20)(H,18,21). The van der Waals surface area contributed by atoms with E-state index in [0.29, 0.717) is 24.2 Å². The molecule has 2 amide bonds. The van der Waals surface area contributed by atoms with Gasteiger partial charge in [0.15, 0.2) is 0 Å². The molecule has 1 aromatic carbocycles. The van der Waals surface area contributed by atoms with Gasteiger partial charge in [-0.2, -0.15) is 0 Å². The Balaban J connectivity index is 1.53. The van der Waals surface area contributed by atoms with Crippen molar-refractivity contribution in [1.82, 2.24) is 16.0 Å². The largest absolute Gasteiger partial charge is 0.355 e.